The fourth-order valence-electron chi connectivity index (χ4n) is 2.69. The second-order valence-electron chi connectivity index (χ2n) is 5.87. The first-order valence-corrected chi connectivity index (χ1v) is 7.84. The topological polar surface area (TPSA) is 40.5 Å². The zero-order valence-corrected chi connectivity index (χ0v) is 12.6. The van der Waals surface area contributed by atoms with Crippen LogP contribution >= 0.6 is 0 Å². The SMILES string of the molecule is O=C(CCc1ccccc1O)N(Cc1ccccc1)C1CC1. The lowest BCUT2D eigenvalue weighted by Crippen LogP contribution is -2.32. The Morgan fingerprint density at radius 1 is 1.05 bits per heavy atom. The van der Waals surface area contributed by atoms with Crippen LogP contribution in [0.25, 0.3) is 0 Å². The fourth-order valence-corrected chi connectivity index (χ4v) is 2.69. The van der Waals surface area contributed by atoms with Crippen LogP contribution in [0.1, 0.15) is 30.4 Å². The number of amides is 1. The standard InChI is InChI=1S/C19H21NO2/c21-18-9-5-4-8-16(18)10-13-19(22)20(17-11-12-17)14-15-6-2-1-3-7-15/h1-9,17,21H,10-14H2. The van der Waals surface area contributed by atoms with E-state index in [-0.39, 0.29) is 11.7 Å². The third-order valence-corrected chi connectivity index (χ3v) is 4.10. The summed E-state index contributed by atoms with van der Waals surface area (Å²) in [5.41, 5.74) is 2.01. The van der Waals surface area contributed by atoms with Gasteiger partial charge in [0.2, 0.25) is 5.91 Å². The maximum absolute atomic E-state index is 12.6. The van der Waals surface area contributed by atoms with Crippen LogP contribution in [0.5, 0.6) is 5.75 Å². The molecule has 1 saturated carbocycles. The highest BCUT2D eigenvalue weighted by molar-refractivity contribution is 5.77. The smallest absolute Gasteiger partial charge is 0.223 e. The van der Waals surface area contributed by atoms with Gasteiger partial charge in [-0.2, -0.15) is 0 Å². The zero-order valence-electron chi connectivity index (χ0n) is 12.6. The number of hydrogen-bond donors (Lipinski definition) is 1. The van der Waals surface area contributed by atoms with Crippen LogP contribution in [0.4, 0.5) is 0 Å². The molecule has 3 heteroatoms. The lowest BCUT2D eigenvalue weighted by Gasteiger charge is -2.22. The van der Waals surface area contributed by atoms with E-state index in [0.717, 1.165) is 18.4 Å². The number of para-hydroxylation sites is 1. The predicted molar refractivity (Wildman–Crippen MR) is 86.4 cm³/mol. The average molecular weight is 295 g/mol. The molecule has 114 valence electrons. The summed E-state index contributed by atoms with van der Waals surface area (Å²) >= 11 is 0. The minimum absolute atomic E-state index is 0.176. The van der Waals surface area contributed by atoms with Crippen LogP contribution in [0.2, 0.25) is 0 Å². The molecule has 0 bridgehead atoms. The van der Waals surface area contributed by atoms with Crippen molar-refractivity contribution in [1.82, 2.24) is 4.90 Å². The van der Waals surface area contributed by atoms with Crippen molar-refractivity contribution in [3.05, 3.63) is 65.7 Å². The van der Waals surface area contributed by atoms with Crippen molar-refractivity contribution in [3.8, 4) is 5.75 Å². The molecule has 0 unspecified atom stereocenters. The summed E-state index contributed by atoms with van der Waals surface area (Å²) in [5.74, 6) is 0.450. The highest BCUT2D eigenvalue weighted by atomic mass is 16.3. The van der Waals surface area contributed by atoms with Gasteiger partial charge in [0.25, 0.3) is 0 Å². The normalized spacial score (nSPS) is 13.8. The van der Waals surface area contributed by atoms with E-state index in [1.54, 1.807) is 12.1 Å². The van der Waals surface area contributed by atoms with E-state index in [1.807, 2.05) is 35.2 Å². The van der Waals surface area contributed by atoms with Crippen molar-refractivity contribution >= 4 is 5.91 Å². The van der Waals surface area contributed by atoms with Gasteiger partial charge in [0.15, 0.2) is 0 Å². The summed E-state index contributed by atoms with van der Waals surface area (Å²) in [6, 6.07) is 17.8. The molecule has 1 fully saturated rings. The van der Waals surface area contributed by atoms with Crippen LogP contribution in [0.3, 0.4) is 0 Å². The van der Waals surface area contributed by atoms with Gasteiger partial charge < -0.3 is 10.0 Å². The fraction of sp³-hybridized carbons (Fsp3) is 0.316. The second kappa shape index (κ2) is 6.65. The van der Waals surface area contributed by atoms with E-state index < -0.39 is 0 Å². The molecule has 0 aromatic heterocycles. The molecular weight excluding hydrogens is 274 g/mol. The molecule has 1 amide bonds. The van der Waals surface area contributed by atoms with Gasteiger partial charge in [-0.1, -0.05) is 48.5 Å². The van der Waals surface area contributed by atoms with Crippen molar-refractivity contribution in [2.45, 2.75) is 38.3 Å². The van der Waals surface area contributed by atoms with Crippen molar-refractivity contribution < 1.29 is 9.90 Å². The number of hydrogen-bond acceptors (Lipinski definition) is 2. The summed E-state index contributed by atoms with van der Waals surface area (Å²) in [6.07, 6.45) is 3.24. The molecule has 1 N–H and O–H groups in total. The van der Waals surface area contributed by atoms with Crippen LogP contribution in [-0.2, 0) is 17.8 Å². The number of nitrogens with zero attached hydrogens (tertiary/aromatic N) is 1. The maximum atomic E-state index is 12.6. The van der Waals surface area contributed by atoms with E-state index >= 15 is 0 Å². The lowest BCUT2D eigenvalue weighted by atomic mass is 10.1. The molecule has 22 heavy (non-hydrogen) atoms. The number of carbonyl (C=O) groups is 1. The first-order valence-electron chi connectivity index (χ1n) is 7.84. The van der Waals surface area contributed by atoms with E-state index in [0.29, 0.717) is 25.4 Å². The Hall–Kier alpha value is -2.29. The molecule has 0 spiro atoms. The van der Waals surface area contributed by atoms with Gasteiger partial charge in [-0.15, -0.1) is 0 Å². The Labute approximate surface area is 131 Å². The quantitative estimate of drug-likeness (QED) is 0.886. The second-order valence-corrected chi connectivity index (χ2v) is 5.87. The van der Waals surface area contributed by atoms with Gasteiger partial charge in [0.05, 0.1) is 0 Å². The van der Waals surface area contributed by atoms with E-state index in [4.69, 9.17) is 0 Å². The molecule has 0 heterocycles. The van der Waals surface area contributed by atoms with Gasteiger partial charge in [-0.25, -0.2) is 0 Å². The number of carbonyl (C=O) groups excluding carboxylic acids is 1. The van der Waals surface area contributed by atoms with E-state index in [1.165, 1.54) is 5.56 Å². The Bertz CT molecular complexity index is 635. The average Bonchev–Trinajstić information content (AvgIpc) is 3.37. The first-order chi connectivity index (χ1) is 10.7. The Morgan fingerprint density at radius 2 is 1.73 bits per heavy atom. The minimum Gasteiger partial charge on any atom is -0.508 e. The van der Waals surface area contributed by atoms with Crippen LogP contribution in [-0.4, -0.2) is 22.0 Å². The molecular formula is C19H21NO2. The zero-order chi connectivity index (χ0) is 15.4. The van der Waals surface area contributed by atoms with Crippen molar-refractivity contribution in [3.63, 3.8) is 0 Å². The van der Waals surface area contributed by atoms with Gasteiger partial charge in [0.1, 0.15) is 5.75 Å². The molecule has 0 atom stereocenters. The molecule has 3 rings (SSSR count). The summed E-state index contributed by atoms with van der Waals surface area (Å²) in [4.78, 5) is 14.6. The lowest BCUT2D eigenvalue weighted by molar-refractivity contribution is -0.132. The summed E-state index contributed by atoms with van der Waals surface area (Å²) < 4.78 is 0. The monoisotopic (exact) mass is 295 g/mol. The first kappa shape index (κ1) is 14.6. The predicted octanol–water partition coefficient (Wildman–Crippen LogP) is 3.52. The number of phenolic OH excluding ortho intramolecular Hbond substituents is 1. The molecule has 1 aliphatic rings. The molecule has 3 nitrogen and oxygen atoms in total. The van der Waals surface area contributed by atoms with Gasteiger partial charge in [-0.05, 0) is 36.5 Å². The number of phenols is 1. The molecule has 0 aliphatic heterocycles. The number of aromatic hydroxyl groups is 1. The van der Waals surface area contributed by atoms with Gasteiger partial charge in [0, 0.05) is 19.0 Å². The Balaban J connectivity index is 1.62. The molecule has 2 aromatic carbocycles. The molecule has 0 radical (unpaired) electrons. The highest BCUT2D eigenvalue weighted by Gasteiger charge is 2.32. The largest absolute Gasteiger partial charge is 0.508 e. The number of aryl methyl sites for hydroxylation is 1. The number of benzene rings is 2. The Kier molecular flexibility index (Phi) is 4.42. The third kappa shape index (κ3) is 3.67. The third-order valence-electron chi connectivity index (χ3n) is 4.10. The highest BCUT2D eigenvalue weighted by Crippen LogP contribution is 2.29. The Morgan fingerprint density at radius 3 is 2.41 bits per heavy atom. The molecule has 1 aliphatic carbocycles. The minimum atomic E-state index is 0.176. The van der Waals surface area contributed by atoms with Crippen molar-refractivity contribution in [1.29, 1.82) is 0 Å². The number of rotatable bonds is 6. The van der Waals surface area contributed by atoms with Crippen molar-refractivity contribution in [2.75, 3.05) is 0 Å². The van der Waals surface area contributed by atoms with Crippen LogP contribution < -0.4 is 0 Å². The van der Waals surface area contributed by atoms with Gasteiger partial charge in [-0.3, -0.25) is 4.79 Å². The maximum Gasteiger partial charge on any atom is 0.223 e. The van der Waals surface area contributed by atoms with Crippen molar-refractivity contribution in [2.24, 2.45) is 0 Å². The van der Waals surface area contributed by atoms with Crippen LogP contribution in [0, 0.1) is 0 Å². The summed E-state index contributed by atoms with van der Waals surface area (Å²) in [5, 5.41) is 9.79. The molecule has 2 aromatic rings. The van der Waals surface area contributed by atoms with E-state index in [2.05, 4.69) is 12.1 Å². The molecule has 0 saturated heterocycles. The summed E-state index contributed by atoms with van der Waals surface area (Å²) in [7, 11) is 0. The van der Waals surface area contributed by atoms with Crippen LogP contribution in [0.15, 0.2) is 54.6 Å². The summed E-state index contributed by atoms with van der Waals surface area (Å²) in [6.45, 7) is 0.686. The van der Waals surface area contributed by atoms with E-state index in [9.17, 15) is 9.90 Å². The van der Waals surface area contributed by atoms with Gasteiger partial charge >= 0.3 is 0 Å².